The molecule has 1 heterocycles. The minimum absolute atomic E-state index is 0.676. The van der Waals surface area contributed by atoms with Gasteiger partial charge in [-0.05, 0) is 56.6 Å². The molecular weight excluding hydrogens is 278 g/mol. The molecule has 1 aliphatic rings. The third-order valence-corrected chi connectivity index (χ3v) is 4.74. The molecule has 0 unspecified atom stereocenters. The van der Waals surface area contributed by atoms with Gasteiger partial charge in [-0.25, -0.2) is 0 Å². The van der Waals surface area contributed by atoms with Crippen molar-refractivity contribution in [2.75, 3.05) is 13.1 Å². The fourth-order valence-corrected chi connectivity index (χ4v) is 3.25. The molecule has 1 nitrogen and oxygen atoms in total. The second-order valence-corrected chi connectivity index (χ2v) is 6.42. The van der Waals surface area contributed by atoms with Gasteiger partial charge < -0.3 is 5.32 Å². The second kappa shape index (κ2) is 10.2. The summed E-state index contributed by atoms with van der Waals surface area (Å²) in [6, 6.07) is 10.6. The summed E-state index contributed by atoms with van der Waals surface area (Å²) in [7, 11) is 0. The molecule has 1 aromatic rings. The monoisotopic (exact) mass is 309 g/mol. The Balaban J connectivity index is 1.93. The van der Waals surface area contributed by atoms with E-state index in [9.17, 15) is 0 Å². The molecule has 0 spiro atoms. The molecule has 2 atom stereocenters. The van der Waals surface area contributed by atoms with E-state index < -0.39 is 0 Å². The predicted molar refractivity (Wildman–Crippen MR) is 102 cm³/mol. The van der Waals surface area contributed by atoms with E-state index in [1.807, 2.05) is 0 Å². The smallest absolute Gasteiger partial charge is 0.00170 e. The lowest BCUT2D eigenvalue weighted by molar-refractivity contribution is 0.303. The van der Waals surface area contributed by atoms with Crippen LogP contribution in [0, 0.1) is 11.8 Å². The predicted octanol–water partition coefficient (Wildman–Crippen LogP) is 5.62. The van der Waals surface area contributed by atoms with Gasteiger partial charge in [-0.2, -0.15) is 0 Å². The Hall–Kier alpha value is -1.60. The first-order valence-corrected chi connectivity index (χ1v) is 9.06. The maximum Gasteiger partial charge on any atom is 0.00170 e. The molecule has 1 N–H and O–H groups in total. The van der Waals surface area contributed by atoms with Crippen LogP contribution in [0.3, 0.4) is 0 Å². The first-order valence-electron chi connectivity index (χ1n) is 9.06. The van der Waals surface area contributed by atoms with Crippen LogP contribution in [0.25, 0.3) is 6.08 Å². The molecule has 0 aromatic heterocycles. The van der Waals surface area contributed by atoms with Crippen molar-refractivity contribution in [2.24, 2.45) is 11.8 Å². The van der Waals surface area contributed by atoms with Crippen LogP contribution in [0.4, 0.5) is 0 Å². The van der Waals surface area contributed by atoms with Crippen LogP contribution in [-0.4, -0.2) is 13.1 Å². The second-order valence-electron chi connectivity index (χ2n) is 6.42. The third-order valence-electron chi connectivity index (χ3n) is 4.74. The van der Waals surface area contributed by atoms with E-state index in [2.05, 4.69) is 79.9 Å². The van der Waals surface area contributed by atoms with Crippen molar-refractivity contribution >= 4 is 6.08 Å². The third kappa shape index (κ3) is 6.19. The van der Waals surface area contributed by atoms with E-state index in [1.165, 1.54) is 30.5 Å². The zero-order valence-corrected chi connectivity index (χ0v) is 14.7. The number of hydrogen-bond acceptors (Lipinski definition) is 1. The van der Waals surface area contributed by atoms with Crippen LogP contribution in [0.15, 0.2) is 60.2 Å². The van der Waals surface area contributed by atoms with Crippen LogP contribution in [0.1, 0.15) is 45.1 Å². The summed E-state index contributed by atoms with van der Waals surface area (Å²) in [5.74, 6) is 1.47. The fraction of sp³-hybridized carbons (Fsp3) is 0.455. The van der Waals surface area contributed by atoms with E-state index in [0.717, 1.165) is 25.3 Å². The number of hydrogen-bond donors (Lipinski definition) is 1. The lowest BCUT2D eigenvalue weighted by Crippen LogP contribution is -2.35. The normalized spacial score (nSPS) is 23.0. The van der Waals surface area contributed by atoms with E-state index in [4.69, 9.17) is 0 Å². The van der Waals surface area contributed by atoms with Gasteiger partial charge in [0.05, 0.1) is 0 Å². The number of piperidine rings is 1. The highest BCUT2D eigenvalue weighted by Crippen LogP contribution is 2.25. The van der Waals surface area contributed by atoms with Crippen LogP contribution in [-0.2, 0) is 0 Å². The van der Waals surface area contributed by atoms with Gasteiger partial charge in [0.25, 0.3) is 0 Å². The molecule has 1 fully saturated rings. The molecule has 1 aromatic carbocycles. The first-order chi connectivity index (χ1) is 11.3. The first kappa shape index (κ1) is 17.7. The molecule has 0 amide bonds. The molecule has 1 saturated heterocycles. The van der Waals surface area contributed by atoms with Gasteiger partial charge in [-0.1, -0.05) is 73.2 Å². The minimum atomic E-state index is 0.676. The maximum absolute atomic E-state index is 3.54. The zero-order chi connectivity index (χ0) is 16.3. The van der Waals surface area contributed by atoms with Gasteiger partial charge in [-0.15, -0.1) is 0 Å². The Labute approximate surface area is 142 Å². The van der Waals surface area contributed by atoms with Crippen LogP contribution < -0.4 is 5.32 Å². The Kier molecular flexibility index (Phi) is 7.89. The highest BCUT2D eigenvalue weighted by Gasteiger charge is 2.21. The average Bonchev–Trinajstić information content (AvgIpc) is 2.61. The van der Waals surface area contributed by atoms with Crippen molar-refractivity contribution in [3.05, 3.63) is 65.8 Å². The van der Waals surface area contributed by atoms with Crippen LogP contribution in [0.2, 0.25) is 0 Å². The van der Waals surface area contributed by atoms with Gasteiger partial charge in [-0.3, -0.25) is 0 Å². The van der Waals surface area contributed by atoms with Gasteiger partial charge >= 0.3 is 0 Å². The van der Waals surface area contributed by atoms with Crippen molar-refractivity contribution in [1.29, 1.82) is 0 Å². The summed E-state index contributed by atoms with van der Waals surface area (Å²) in [5.41, 5.74) is 2.81. The maximum atomic E-state index is 3.54. The standard InChI is InChI=1S/C22H31N/c1-3-5-13-21-15-16-23-18-22(21)14-9-12-19(4-2)17-20-10-7-6-8-11-20/h3,5-11,14,17,21-23H,4,12-13,15-16,18H2,1-2H3/b5-3+,14-9+,19-17+/t21-,22-/m0/s1. The Morgan fingerprint density at radius 3 is 2.78 bits per heavy atom. The molecule has 0 radical (unpaired) electrons. The van der Waals surface area contributed by atoms with E-state index in [0.29, 0.717) is 5.92 Å². The van der Waals surface area contributed by atoms with Gasteiger partial charge in [0.15, 0.2) is 0 Å². The van der Waals surface area contributed by atoms with E-state index in [1.54, 1.807) is 0 Å². The molecule has 124 valence electrons. The summed E-state index contributed by atoms with van der Waals surface area (Å²) in [5, 5.41) is 3.54. The van der Waals surface area contributed by atoms with E-state index >= 15 is 0 Å². The van der Waals surface area contributed by atoms with Crippen LogP contribution in [0.5, 0.6) is 0 Å². The van der Waals surface area contributed by atoms with Crippen LogP contribution >= 0.6 is 0 Å². The lowest BCUT2D eigenvalue weighted by Gasteiger charge is -2.29. The lowest BCUT2D eigenvalue weighted by atomic mass is 9.83. The molecule has 1 heteroatoms. The summed E-state index contributed by atoms with van der Waals surface area (Å²) in [6.45, 7) is 6.66. The van der Waals surface area contributed by atoms with Crippen molar-refractivity contribution in [1.82, 2.24) is 5.32 Å². The van der Waals surface area contributed by atoms with Gasteiger partial charge in [0.2, 0.25) is 0 Å². The SMILES string of the molecule is C/C=C/C[C@H]1CCNC[C@@H]1/C=C/C/C(=C/c1ccccc1)CC. The molecule has 0 aliphatic carbocycles. The molecule has 0 bridgehead atoms. The van der Waals surface area contributed by atoms with Crippen molar-refractivity contribution in [3.8, 4) is 0 Å². The highest BCUT2D eigenvalue weighted by molar-refractivity contribution is 5.52. The highest BCUT2D eigenvalue weighted by atomic mass is 14.9. The van der Waals surface area contributed by atoms with Gasteiger partial charge in [0.1, 0.15) is 0 Å². The summed E-state index contributed by atoms with van der Waals surface area (Å²) >= 11 is 0. The minimum Gasteiger partial charge on any atom is -0.316 e. The molecule has 1 aliphatic heterocycles. The Morgan fingerprint density at radius 2 is 2.04 bits per heavy atom. The number of allylic oxidation sites excluding steroid dienone is 4. The Bertz CT molecular complexity index is 524. The number of benzene rings is 1. The van der Waals surface area contributed by atoms with E-state index in [-0.39, 0.29) is 0 Å². The average molecular weight is 309 g/mol. The topological polar surface area (TPSA) is 12.0 Å². The van der Waals surface area contributed by atoms with Gasteiger partial charge in [0, 0.05) is 6.54 Å². The summed E-state index contributed by atoms with van der Waals surface area (Å²) in [4.78, 5) is 0. The molecule has 2 rings (SSSR count). The number of nitrogens with one attached hydrogen (secondary N) is 1. The summed E-state index contributed by atoms with van der Waals surface area (Å²) < 4.78 is 0. The van der Waals surface area contributed by atoms with Crippen molar-refractivity contribution < 1.29 is 0 Å². The quantitative estimate of drug-likeness (QED) is 0.645. The zero-order valence-electron chi connectivity index (χ0n) is 14.7. The molecular formula is C22H31N. The Morgan fingerprint density at radius 1 is 1.22 bits per heavy atom. The van der Waals surface area contributed by atoms with Crippen molar-refractivity contribution in [2.45, 2.75) is 39.5 Å². The fourth-order valence-electron chi connectivity index (χ4n) is 3.25. The summed E-state index contributed by atoms with van der Waals surface area (Å²) in [6.07, 6.45) is 16.4. The largest absolute Gasteiger partial charge is 0.316 e. The molecule has 23 heavy (non-hydrogen) atoms. The van der Waals surface area contributed by atoms with Crippen molar-refractivity contribution in [3.63, 3.8) is 0 Å². The molecule has 0 saturated carbocycles. The number of rotatable bonds is 7.